The zero-order valence-electron chi connectivity index (χ0n) is 18.8. The Hall–Kier alpha value is -4.01. The summed E-state index contributed by atoms with van der Waals surface area (Å²) in [5.74, 6) is 1.34. The monoisotopic (exact) mass is 449 g/mol. The SMILES string of the molecule is COc1cc(OC)cc(N2CC(CCNC(C)=O)C(O)=C(c3nc4ccccc4[nH]3)C2=N)c1. The molecule has 1 unspecified atom stereocenters. The second-order valence-electron chi connectivity index (χ2n) is 7.86. The Morgan fingerprint density at radius 1 is 1.24 bits per heavy atom. The van der Waals surface area contributed by atoms with E-state index >= 15 is 0 Å². The lowest BCUT2D eigenvalue weighted by atomic mass is 9.92. The summed E-state index contributed by atoms with van der Waals surface area (Å²) in [6.07, 6.45) is 0.500. The van der Waals surface area contributed by atoms with Crippen LogP contribution < -0.4 is 19.7 Å². The van der Waals surface area contributed by atoms with Crippen molar-refractivity contribution in [3.63, 3.8) is 0 Å². The number of fused-ring (bicyclic) bond motifs is 1. The van der Waals surface area contributed by atoms with Crippen LogP contribution in [0.1, 0.15) is 19.2 Å². The first kappa shape index (κ1) is 22.2. The number of imidazole rings is 1. The number of nitrogens with zero attached hydrogens (tertiary/aromatic N) is 2. The third kappa shape index (κ3) is 4.48. The number of methoxy groups -OCH3 is 2. The minimum atomic E-state index is -0.327. The number of benzene rings is 2. The highest BCUT2D eigenvalue weighted by atomic mass is 16.5. The number of nitrogens with one attached hydrogen (secondary N) is 3. The van der Waals surface area contributed by atoms with Gasteiger partial charge >= 0.3 is 0 Å². The van der Waals surface area contributed by atoms with Gasteiger partial charge in [-0.1, -0.05) is 12.1 Å². The molecule has 2 aromatic carbocycles. The van der Waals surface area contributed by atoms with Gasteiger partial charge in [0.2, 0.25) is 5.91 Å². The molecule has 0 fully saturated rings. The van der Waals surface area contributed by atoms with Crippen molar-refractivity contribution < 1.29 is 19.4 Å². The number of rotatable bonds is 7. The molecule has 172 valence electrons. The lowest BCUT2D eigenvalue weighted by Crippen LogP contribution is -2.42. The minimum Gasteiger partial charge on any atom is -0.511 e. The standard InChI is InChI=1S/C24H27N5O4/c1-14(30)26-9-8-15-13-29(16-10-17(32-2)12-18(11-16)33-3)23(25)21(22(15)31)24-27-19-6-4-5-7-20(19)28-24/h4-7,10-12,15,25,31H,8-9,13H2,1-3H3,(H,26,30)(H,27,28). The first-order valence-electron chi connectivity index (χ1n) is 10.6. The molecule has 1 amide bonds. The number of amidine groups is 1. The summed E-state index contributed by atoms with van der Waals surface area (Å²) in [6, 6.07) is 13.0. The van der Waals surface area contributed by atoms with Crippen LogP contribution >= 0.6 is 0 Å². The summed E-state index contributed by atoms with van der Waals surface area (Å²) in [7, 11) is 3.14. The molecule has 1 atom stereocenters. The molecule has 1 aliphatic heterocycles. The maximum atomic E-state index is 11.4. The van der Waals surface area contributed by atoms with Crippen LogP contribution in [0, 0.1) is 11.3 Å². The fourth-order valence-corrected chi connectivity index (χ4v) is 4.00. The number of anilines is 1. The third-order valence-corrected chi connectivity index (χ3v) is 5.69. The van der Waals surface area contributed by atoms with Crippen LogP contribution in [0.4, 0.5) is 5.69 Å². The lowest BCUT2D eigenvalue weighted by molar-refractivity contribution is -0.119. The van der Waals surface area contributed by atoms with Crippen molar-refractivity contribution in [3.05, 3.63) is 54.0 Å². The number of hydrogen-bond donors (Lipinski definition) is 4. The second-order valence-corrected chi connectivity index (χ2v) is 7.86. The Labute approximate surface area is 191 Å². The van der Waals surface area contributed by atoms with Crippen LogP contribution in [0.5, 0.6) is 11.5 Å². The maximum absolute atomic E-state index is 11.4. The van der Waals surface area contributed by atoms with Gasteiger partial charge in [0.15, 0.2) is 0 Å². The predicted octanol–water partition coefficient (Wildman–Crippen LogP) is 3.49. The molecule has 3 aromatic rings. The molecule has 0 aliphatic carbocycles. The van der Waals surface area contributed by atoms with Gasteiger partial charge in [-0.3, -0.25) is 10.2 Å². The van der Waals surface area contributed by atoms with E-state index in [4.69, 9.17) is 14.9 Å². The van der Waals surface area contributed by atoms with E-state index in [0.717, 1.165) is 11.0 Å². The van der Waals surface area contributed by atoms with Crippen LogP contribution in [0.3, 0.4) is 0 Å². The summed E-state index contributed by atoms with van der Waals surface area (Å²) < 4.78 is 10.8. The van der Waals surface area contributed by atoms with Gasteiger partial charge in [0, 0.05) is 49.8 Å². The summed E-state index contributed by atoms with van der Waals surface area (Å²) in [6.45, 7) is 2.21. The molecular weight excluding hydrogens is 422 g/mol. The van der Waals surface area contributed by atoms with E-state index in [1.54, 1.807) is 25.2 Å². The molecule has 0 saturated heterocycles. The quantitative estimate of drug-likeness (QED) is 0.438. The first-order valence-corrected chi connectivity index (χ1v) is 10.6. The predicted molar refractivity (Wildman–Crippen MR) is 127 cm³/mol. The summed E-state index contributed by atoms with van der Waals surface area (Å²) in [4.78, 5) is 21.0. The minimum absolute atomic E-state index is 0.0792. The average Bonchev–Trinajstić information content (AvgIpc) is 3.23. The van der Waals surface area contributed by atoms with E-state index in [1.165, 1.54) is 6.92 Å². The van der Waals surface area contributed by atoms with Gasteiger partial charge in [-0.15, -0.1) is 0 Å². The highest BCUT2D eigenvalue weighted by Crippen LogP contribution is 2.37. The molecule has 1 aliphatic rings. The topological polar surface area (TPSA) is 124 Å². The highest BCUT2D eigenvalue weighted by Gasteiger charge is 2.35. The zero-order valence-corrected chi connectivity index (χ0v) is 18.8. The molecular formula is C24H27N5O4. The molecule has 4 rings (SSSR count). The van der Waals surface area contributed by atoms with Crippen LogP contribution in [0.2, 0.25) is 0 Å². The summed E-state index contributed by atoms with van der Waals surface area (Å²) in [5.41, 5.74) is 2.58. The number of ether oxygens (including phenoxy) is 2. The molecule has 0 saturated carbocycles. The largest absolute Gasteiger partial charge is 0.511 e. The maximum Gasteiger partial charge on any atom is 0.216 e. The zero-order chi connectivity index (χ0) is 23.5. The lowest BCUT2D eigenvalue weighted by Gasteiger charge is -2.35. The fourth-order valence-electron chi connectivity index (χ4n) is 4.00. The van der Waals surface area contributed by atoms with Gasteiger partial charge in [0.1, 0.15) is 28.9 Å². The molecule has 0 bridgehead atoms. The number of aliphatic hydroxyl groups is 1. The van der Waals surface area contributed by atoms with E-state index in [-0.39, 0.29) is 23.4 Å². The van der Waals surface area contributed by atoms with Gasteiger partial charge in [0.25, 0.3) is 0 Å². The number of aromatic amines is 1. The van der Waals surface area contributed by atoms with Gasteiger partial charge in [-0.25, -0.2) is 4.98 Å². The second kappa shape index (κ2) is 9.23. The Bertz CT molecular complexity index is 1180. The number of aromatic nitrogens is 2. The smallest absolute Gasteiger partial charge is 0.216 e. The van der Waals surface area contributed by atoms with E-state index < -0.39 is 0 Å². The van der Waals surface area contributed by atoms with E-state index in [1.807, 2.05) is 36.4 Å². The Kier molecular flexibility index (Phi) is 6.21. The molecule has 1 aromatic heterocycles. The molecule has 9 heteroatoms. The normalized spacial score (nSPS) is 16.3. The molecule has 0 radical (unpaired) electrons. The average molecular weight is 450 g/mol. The number of H-pyrrole nitrogens is 1. The molecule has 2 heterocycles. The van der Waals surface area contributed by atoms with Crippen LogP contribution in [-0.4, -0.2) is 54.1 Å². The number of amides is 1. The van der Waals surface area contributed by atoms with Crippen LogP contribution in [0.15, 0.2) is 48.2 Å². The Balaban J connectivity index is 1.78. The van der Waals surface area contributed by atoms with E-state index in [0.29, 0.717) is 48.1 Å². The van der Waals surface area contributed by atoms with E-state index in [9.17, 15) is 9.90 Å². The molecule has 4 N–H and O–H groups in total. The van der Waals surface area contributed by atoms with Crippen molar-refractivity contribution in [2.24, 2.45) is 5.92 Å². The van der Waals surface area contributed by atoms with E-state index in [2.05, 4.69) is 15.3 Å². The van der Waals surface area contributed by atoms with Gasteiger partial charge in [0.05, 0.1) is 30.8 Å². The van der Waals surface area contributed by atoms with Crippen molar-refractivity contribution in [1.82, 2.24) is 15.3 Å². The Morgan fingerprint density at radius 2 is 1.94 bits per heavy atom. The summed E-state index contributed by atoms with van der Waals surface area (Å²) >= 11 is 0. The van der Waals surface area contributed by atoms with Crippen molar-refractivity contribution in [3.8, 4) is 11.5 Å². The number of para-hydroxylation sites is 2. The molecule has 0 spiro atoms. The number of carbonyl (C=O) groups is 1. The van der Waals surface area contributed by atoms with Crippen molar-refractivity contribution in [2.45, 2.75) is 13.3 Å². The molecule has 9 nitrogen and oxygen atoms in total. The Morgan fingerprint density at radius 3 is 2.58 bits per heavy atom. The van der Waals surface area contributed by atoms with Crippen molar-refractivity contribution in [2.75, 3.05) is 32.2 Å². The van der Waals surface area contributed by atoms with Gasteiger partial charge in [-0.05, 0) is 18.6 Å². The fraction of sp³-hybridized carbons (Fsp3) is 0.292. The first-order chi connectivity index (χ1) is 15.9. The highest BCUT2D eigenvalue weighted by molar-refractivity contribution is 6.28. The number of hydrogen-bond acceptors (Lipinski definition) is 6. The van der Waals surface area contributed by atoms with Crippen LogP contribution in [0.25, 0.3) is 16.6 Å². The number of carbonyl (C=O) groups excluding carboxylic acids is 1. The van der Waals surface area contributed by atoms with Crippen LogP contribution in [-0.2, 0) is 4.79 Å². The molecule has 33 heavy (non-hydrogen) atoms. The van der Waals surface area contributed by atoms with Gasteiger partial charge < -0.3 is 29.8 Å². The van der Waals surface area contributed by atoms with Crippen molar-refractivity contribution in [1.29, 1.82) is 5.41 Å². The third-order valence-electron chi connectivity index (χ3n) is 5.69. The van der Waals surface area contributed by atoms with Crippen molar-refractivity contribution >= 4 is 34.0 Å². The number of aliphatic hydroxyl groups excluding tert-OH is 1. The summed E-state index contributed by atoms with van der Waals surface area (Å²) in [5, 5.41) is 23.0. The van der Waals surface area contributed by atoms with Gasteiger partial charge in [-0.2, -0.15) is 0 Å².